The summed E-state index contributed by atoms with van der Waals surface area (Å²) >= 11 is 5.10. The average Bonchev–Trinajstić information content (AvgIpc) is 2.74. The fourth-order valence-electron chi connectivity index (χ4n) is 2.39. The van der Waals surface area contributed by atoms with Crippen molar-refractivity contribution in [1.82, 2.24) is 4.98 Å². The molecular formula is C13H19N3OS. The highest BCUT2D eigenvalue weighted by Gasteiger charge is 2.30. The van der Waals surface area contributed by atoms with Crippen LogP contribution in [0.3, 0.4) is 0 Å². The van der Waals surface area contributed by atoms with Crippen molar-refractivity contribution in [2.45, 2.75) is 32.4 Å². The predicted molar refractivity (Wildman–Crippen MR) is 77.1 cm³/mol. The van der Waals surface area contributed by atoms with Crippen LogP contribution in [0.15, 0.2) is 12.1 Å². The molecule has 1 fully saturated rings. The Hall–Kier alpha value is -1.20. The molecule has 0 aliphatic carbocycles. The van der Waals surface area contributed by atoms with Crippen LogP contribution in [0.25, 0.3) is 0 Å². The van der Waals surface area contributed by atoms with Crippen molar-refractivity contribution in [1.29, 1.82) is 0 Å². The van der Waals surface area contributed by atoms with Crippen molar-refractivity contribution in [3.8, 4) is 0 Å². The number of nitrogens with two attached hydrogens (primary N) is 1. The molecule has 0 aromatic carbocycles. The van der Waals surface area contributed by atoms with E-state index >= 15 is 0 Å². The van der Waals surface area contributed by atoms with Gasteiger partial charge in [-0.1, -0.05) is 12.2 Å². The summed E-state index contributed by atoms with van der Waals surface area (Å²) in [5.74, 6) is 0.852. The van der Waals surface area contributed by atoms with E-state index in [9.17, 15) is 0 Å². The van der Waals surface area contributed by atoms with E-state index in [0.29, 0.717) is 11.0 Å². The topological polar surface area (TPSA) is 51.4 Å². The summed E-state index contributed by atoms with van der Waals surface area (Å²) in [5.41, 5.74) is 7.56. The minimum Gasteiger partial charge on any atom is -0.389 e. The predicted octanol–water partition coefficient (Wildman–Crippen LogP) is 1.64. The maximum atomic E-state index is 5.77. The Kier molecular flexibility index (Phi) is 3.82. The molecule has 1 aliphatic rings. The zero-order valence-electron chi connectivity index (χ0n) is 11.0. The van der Waals surface area contributed by atoms with Crippen LogP contribution in [0, 0.1) is 6.92 Å². The number of nitrogens with zero attached hydrogens (tertiary/aromatic N) is 2. The van der Waals surface area contributed by atoms with E-state index in [1.807, 2.05) is 26.1 Å². The molecule has 18 heavy (non-hydrogen) atoms. The molecule has 0 bridgehead atoms. The van der Waals surface area contributed by atoms with Gasteiger partial charge in [0.2, 0.25) is 0 Å². The molecule has 2 N–H and O–H groups in total. The second kappa shape index (κ2) is 5.20. The van der Waals surface area contributed by atoms with Crippen molar-refractivity contribution in [3.05, 3.63) is 23.4 Å². The number of hydrogen-bond donors (Lipinski definition) is 1. The summed E-state index contributed by atoms with van der Waals surface area (Å²) < 4.78 is 5.61. The third-order valence-electron chi connectivity index (χ3n) is 3.45. The Morgan fingerprint density at radius 1 is 1.56 bits per heavy atom. The van der Waals surface area contributed by atoms with E-state index < -0.39 is 0 Å². The van der Waals surface area contributed by atoms with Crippen molar-refractivity contribution < 1.29 is 4.74 Å². The third-order valence-corrected chi connectivity index (χ3v) is 3.67. The highest BCUT2D eigenvalue weighted by Crippen LogP contribution is 2.25. The first-order chi connectivity index (χ1) is 8.50. The van der Waals surface area contributed by atoms with Gasteiger partial charge in [-0.3, -0.25) is 0 Å². The summed E-state index contributed by atoms with van der Waals surface area (Å²) in [5, 5.41) is 0. The standard InChI is InChI=1S/C13H19N3OS/c1-8-4-5-10(12(14)18)13(15-8)16(3)11-6-7-17-9(11)2/h4-5,9,11H,6-7H2,1-3H3,(H2,14,18). The number of aromatic nitrogens is 1. The molecule has 2 heterocycles. The molecule has 98 valence electrons. The largest absolute Gasteiger partial charge is 0.389 e. The van der Waals surface area contributed by atoms with E-state index in [1.54, 1.807) is 0 Å². The van der Waals surface area contributed by atoms with Crippen LogP contribution in [-0.4, -0.2) is 35.8 Å². The molecule has 0 radical (unpaired) electrons. The van der Waals surface area contributed by atoms with Crippen LogP contribution < -0.4 is 10.6 Å². The Bertz CT molecular complexity index is 464. The number of aryl methyl sites for hydroxylation is 1. The van der Waals surface area contributed by atoms with Gasteiger partial charge in [0, 0.05) is 19.3 Å². The van der Waals surface area contributed by atoms with E-state index in [-0.39, 0.29) is 6.10 Å². The van der Waals surface area contributed by atoms with E-state index in [4.69, 9.17) is 22.7 Å². The number of thiocarbonyl (C=S) groups is 1. The van der Waals surface area contributed by atoms with Crippen LogP contribution in [0.5, 0.6) is 0 Å². The Morgan fingerprint density at radius 3 is 2.83 bits per heavy atom. The van der Waals surface area contributed by atoms with E-state index in [1.165, 1.54) is 0 Å². The molecule has 0 saturated carbocycles. The molecule has 5 heteroatoms. The Balaban J connectivity index is 2.36. The zero-order chi connectivity index (χ0) is 13.3. The number of ether oxygens (including phenoxy) is 1. The second-order valence-electron chi connectivity index (χ2n) is 4.73. The van der Waals surface area contributed by atoms with Gasteiger partial charge in [-0.2, -0.15) is 0 Å². The van der Waals surface area contributed by atoms with Crippen molar-refractivity contribution in [2.24, 2.45) is 5.73 Å². The fraction of sp³-hybridized carbons (Fsp3) is 0.538. The van der Waals surface area contributed by atoms with Crippen molar-refractivity contribution in [3.63, 3.8) is 0 Å². The van der Waals surface area contributed by atoms with Crippen molar-refractivity contribution >= 4 is 23.0 Å². The molecule has 1 saturated heterocycles. The first-order valence-corrected chi connectivity index (χ1v) is 6.53. The van der Waals surface area contributed by atoms with Gasteiger partial charge in [0.05, 0.1) is 17.7 Å². The molecule has 1 aromatic heterocycles. The smallest absolute Gasteiger partial charge is 0.139 e. The molecule has 0 spiro atoms. The summed E-state index contributed by atoms with van der Waals surface area (Å²) in [6.45, 7) is 4.85. The molecule has 2 unspecified atom stereocenters. The Labute approximate surface area is 113 Å². The van der Waals surface area contributed by atoms with Gasteiger partial charge in [0.25, 0.3) is 0 Å². The number of hydrogen-bond acceptors (Lipinski definition) is 4. The lowest BCUT2D eigenvalue weighted by Gasteiger charge is -2.29. The monoisotopic (exact) mass is 265 g/mol. The molecule has 2 atom stereocenters. The van der Waals surface area contributed by atoms with Crippen LogP contribution in [0.1, 0.15) is 24.6 Å². The van der Waals surface area contributed by atoms with Gasteiger partial charge in [-0.25, -0.2) is 4.98 Å². The minimum atomic E-state index is 0.205. The maximum absolute atomic E-state index is 5.77. The summed E-state index contributed by atoms with van der Waals surface area (Å²) in [4.78, 5) is 7.10. The summed E-state index contributed by atoms with van der Waals surface area (Å²) in [6, 6.07) is 4.20. The SMILES string of the molecule is Cc1ccc(C(N)=S)c(N(C)C2CCOC2C)n1. The van der Waals surface area contributed by atoms with Gasteiger partial charge in [-0.15, -0.1) is 0 Å². The molecule has 1 aliphatic heterocycles. The van der Waals surface area contributed by atoms with Gasteiger partial charge in [-0.05, 0) is 32.4 Å². The van der Waals surface area contributed by atoms with Crippen LogP contribution >= 0.6 is 12.2 Å². The van der Waals surface area contributed by atoms with Gasteiger partial charge in [0.15, 0.2) is 0 Å². The van der Waals surface area contributed by atoms with E-state index in [0.717, 1.165) is 30.1 Å². The highest BCUT2D eigenvalue weighted by molar-refractivity contribution is 7.80. The van der Waals surface area contributed by atoms with Crippen LogP contribution in [0.2, 0.25) is 0 Å². The molecule has 2 rings (SSSR count). The first kappa shape index (κ1) is 13.2. The van der Waals surface area contributed by atoms with Crippen LogP contribution in [0.4, 0.5) is 5.82 Å². The lowest BCUT2D eigenvalue weighted by Crippen LogP contribution is -2.38. The Morgan fingerprint density at radius 2 is 2.28 bits per heavy atom. The number of pyridine rings is 1. The zero-order valence-corrected chi connectivity index (χ0v) is 11.8. The fourth-order valence-corrected chi connectivity index (χ4v) is 2.55. The molecule has 0 amide bonds. The highest BCUT2D eigenvalue weighted by atomic mass is 32.1. The summed E-state index contributed by atoms with van der Waals surface area (Å²) in [6.07, 6.45) is 1.21. The number of rotatable bonds is 3. The first-order valence-electron chi connectivity index (χ1n) is 6.12. The van der Waals surface area contributed by atoms with Crippen molar-refractivity contribution in [2.75, 3.05) is 18.6 Å². The average molecular weight is 265 g/mol. The quantitative estimate of drug-likeness (QED) is 0.842. The molecule has 1 aromatic rings. The van der Waals surface area contributed by atoms with Gasteiger partial charge < -0.3 is 15.4 Å². The molecular weight excluding hydrogens is 246 g/mol. The van der Waals surface area contributed by atoms with Crippen LogP contribution in [-0.2, 0) is 4.74 Å². The minimum absolute atomic E-state index is 0.205. The number of likely N-dealkylation sites (N-methyl/N-ethyl adjacent to an activating group) is 1. The van der Waals surface area contributed by atoms with Gasteiger partial charge in [0.1, 0.15) is 10.8 Å². The van der Waals surface area contributed by atoms with E-state index in [2.05, 4.69) is 16.8 Å². The molecule has 4 nitrogen and oxygen atoms in total. The lowest BCUT2D eigenvalue weighted by molar-refractivity contribution is 0.118. The lowest BCUT2D eigenvalue weighted by atomic mass is 10.1. The second-order valence-corrected chi connectivity index (χ2v) is 5.17. The number of anilines is 1. The maximum Gasteiger partial charge on any atom is 0.139 e. The third kappa shape index (κ3) is 2.47. The van der Waals surface area contributed by atoms with Gasteiger partial charge >= 0.3 is 0 Å². The summed E-state index contributed by atoms with van der Waals surface area (Å²) in [7, 11) is 2.03. The normalized spacial score (nSPS) is 23.1.